The average molecular weight is 408 g/mol. The molecule has 0 heterocycles. The van der Waals surface area contributed by atoms with Crippen LogP contribution in [0.4, 0.5) is 0 Å². The highest BCUT2D eigenvalue weighted by atomic mass is 35.5. The lowest BCUT2D eigenvalue weighted by Crippen LogP contribution is -2.68. The predicted octanol–water partition coefficient (Wildman–Crippen LogP) is 3.24. The molecule has 6 nitrogen and oxygen atoms in total. The van der Waals surface area contributed by atoms with Gasteiger partial charge in [0.05, 0.1) is 11.6 Å². The minimum absolute atomic E-state index is 0.0172. The fraction of sp³-hybridized carbons (Fsp3) is 0.562. The molecule has 0 unspecified atom stereocenters. The van der Waals surface area contributed by atoms with Crippen LogP contribution < -0.4 is 4.72 Å². The van der Waals surface area contributed by atoms with E-state index in [4.69, 9.17) is 27.9 Å². The predicted molar refractivity (Wildman–Crippen MR) is 93.3 cm³/mol. The van der Waals surface area contributed by atoms with Gasteiger partial charge in [-0.15, -0.1) is 0 Å². The first-order chi connectivity index (χ1) is 11.6. The summed E-state index contributed by atoms with van der Waals surface area (Å²) in [6.07, 6.45) is 3.82. The Kier molecular flexibility index (Phi) is 4.73. The van der Waals surface area contributed by atoms with Crippen LogP contribution in [-0.4, -0.2) is 31.6 Å². The fourth-order valence-electron chi connectivity index (χ4n) is 3.85. The van der Waals surface area contributed by atoms with E-state index < -0.39 is 32.2 Å². The number of nitrogens with one attached hydrogen (secondary N) is 1. The maximum Gasteiger partial charge on any atom is 0.327 e. The zero-order valence-corrected chi connectivity index (χ0v) is 16.0. The summed E-state index contributed by atoms with van der Waals surface area (Å²) in [5.74, 6) is -1.20. The molecule has 1 aromatic rings. The number of hydrogen-bond donors (Lipinski definition) is 2. The number of aromatic hydroxyl groups is 1. The highest BCUT2D eigenvalue weighted by Crippen LogP contribution is 2.61. The van der Waals surface area contributed by atoms with Crippen LogP contribution in [0.2, 0.25) is 10.0 Å². The first-order valence-electron chi connectivity index (χ1n) is 8.02. The number of rotatable bonds is 5. The number of hydrogen-bond acceptors (Lipinski definition) is 5. The Bertz CT molecular complexity index is 812. The molecule has 0 atom stereocenters. The Morgan fingerprint density at radius 1 is 1.32 bits per heavy atom. The maximum atomic E-state index is 12.8. The van der Waals surface area contributed by atoms with Gasteiger partial charge < -0.3 is 9.84 Å². The van der Waals surface area contributed by atoms with Gasteiger partial charge in [-0.25, -0.2) is 8.42 Å². The summed E-state index contributed by atoms with van der Waals surface area (Å²) in [6.45, 7) is 1.82. The zero-order valence-electron chi connectivity index (χ0n) is 13.6. The van der Waals surface area contributed by atoms with Gasteiger partial charge in [0.1, 0.15) is 10.4 Å². The van der Waals surface area contributed by atoms with Crippen molar-refractivity contribution in [2.75, 3.05) is 6.61 Å². The van der Waals surface area contributed by atoms with Crippen LogP contribution in [0.25, 0.3) is 0 Å². The Hall–Kier alpha value is -1.02. The van der Waals surface area contributed by atoms with E-state index in [0.29, 0.717) is 12.8 Å². The van der Waals surface area contributed by atoms with Crippen molar-refractivity contribution in [2.24, 2.45) is 5.41 Å². The SMILES string of the molecule is CCOC(=O)C1(NS(=O)(=O)c2cc(Cl)cc(Cl)c2O)CC2(CCC2)C1. The lowest BCUT2D eigenvalue weighted by molar-refractivity contribution is -0.166. The molecule has 1 spiro atoms. The lowest BCUT2D eigenvalue weighted by Gasteiger charge is -2.59. The third-order valence-electron chi connectivity index (χ3n) is 5.05. The number of carbonyl (C=O) groups is 1. The van der Waals surface area contributed by atoms with E-state index in [1.165, 1.54) is 6.07 Å². The molecule has 0 bridgehead atoms. The van der Waals surface area contributed by atoms with E-state index in [1.54, 1.807) is 6.92 Å². The molecule has 0 saturated heterocycles. The first-order valence-corrected chi connectivity index (χ1v) is 10.3. The van der Waals surface area contributed by atoms with Crippen LogP contribution in [0.1, 0.15) is 39.0 Å². The molecule has 9 heteroatoms. The molecule has 2 N–H and O–H groups in total. The number of benzene rings is 1. The van der Waals surface area contributed by atoms with Crippen molar-refractivity contribution in [3.05, 3.63) is 22.2 Å². The topological polar surface area (TPSA) is 92.7 Å². The quantitative estimate of drug-likeness (QED) is 0.730. The molecule has 1 aromatic carbocycles. The molecule has 2 aliphatic rings. The van der Waals surface area contributed by atoms with E-state index >= 15 is 0 Å². The minimum atomic E-state index is -4.22. The average Bonchev–Trinajstić information content (AvgIpc) is 2.44. The van der Waals surface area contributed by atoms with Crippen LogP contribution in [0.15, 0.2) is 17.0 Å². The third-order valence-corrected chi connectivity index (χ3v) is 7.10. The summed E-state index contributed by atoms with van der Waals surface area (Å²) in [7, 11) is -4.22. The highest BCUT2D eigenvalue weighted by Gasteiger charge is 2.63. The smallest absolute Gasteiger partial charge is 0.327 e. The number of sulfonamides is 1. The molecular formula is C16H19Cl2NO5S. The van der Waals surface area contributed by atoms with Gasteiger partial charge in [0.15, 0.2) is 5.75 Å². The summed E-state index contributed by atoms with van der Waals surface area (Å²) >= 11 is 11.7. The minimum Gasteiger partial charge on any atom is -0.505 e. The number of phenols is 1. The largest absolute Gasteiger partial charge is 0.505 e. The number of phenolic OH excluding ortho intramolecular Hbond substituents is 1. The second kappa shape index (κ2) is 6.30. The monoisotopic (exact) mass is 407 g/mol. The lowest BCUT2D eigenvalue weighted by atomic mass is 9.49. The van der Waals surface area contributed by atoms with Crippen LogP contribution in [0.5, 0.6) is 5.75 Å². The van der Waals surface area contributed by atoms with Crippen molar-refractivity contribution >= 4 is 39.2 Å². The van der Waals surface area contributed by atoms with E-state index in [0.717, 1.165) is 25.3 Å². The Balaban J connectivity index is 1.93. The van der Waals surface area contributed by atoms with Crippen LogP contribution in [0.3, 0.4) is 0 Å². The van der Waals surface area contributed by atoms with Gasteiger partial charge in [-0.1, -0.05) is 29.6 Å². The molecule has 0 aliphatic heterocycles. The van der Waals surface area contributed by atoms with Gasteiger partial charge in [0, 0.05) is 5.02 Å². The molecule has 0 aromatic heterocycles. The fourth-order valence-corrected chi connectivity index (χ4v) is 5.96. The number of halogens is 2. The van der Waals surface area contributed by atoms with Crippen molar-refractivity contribution in [2.45, 2.75) is 49.5 Å². The van der Waals surface area contributed by atoms with Crippen molar-refractivity contribution in [3.8, 4) is 5.75 Å². The normalized spacial score (nSPS) is 20.6. The van der Waals surface area contributed by atoms with Crippen molar-refractivity contribution in [1.82, 2.24) is 4.72 Å². The summed E-state index contributed by atoms with van der Waals surface area (Å²) in [5.41, 5.74) is -1.29. The summed E-state index contributed by atoms with van der Waals surface area (Å²) < 4.78 is 33.1. The van der Waals surface area contributed by atoms with Gasteiger partial charge in [-0.2, -0.15) is 4.72 Å². The molecule has 2 saturated carbocycles. The third kappa shape index (κ3) is 3.23. The maximum absolute atomic E-state index is 12.8. The molecule has 138 valence electrons. The summed E-state index contributed by atoms with van der Waals surface area (Å²) in [6, 6.07) is 2.34. The van der Waals surface area contributed by atoms with Gasteiger partial charge in [-0.3, -0.25) is 4.79 Å². The van der Waals surface area contributed by atoms with Crippen molar-refractivity contribution in [3.63, 3.8) is 0 Å². The van der Waals surface area contributed by atoms with Gasteiger partial charge in [0.25, 0.3) is 0 Å². The Morgan fingerprint density at radius 2 is 1.96 bits per heavy atom. The molecule has 2 fully saturated rings. The molecule has 0 amide bonds. The molecule has 0 radical (unpaired) electrons. The van der Waals surface area contributed by atoms with Crippen LogP contribution in [0, 0.1) is 5.41 Å². The Labute approximate surface area is 156 Å². The van der Waals surface area contributed by atoms with Crippen molar-refractivity contribution < 1.29 is 23.1 Å². The highest BCUT2D eigenvalue weighted by molar-refractivity contribution is 7.89. The molecule has 2 aliphatic carbocycles. The van der Waals surface area contributed by atoms with Gasteiger partial charge in [0.2, 0.25) is 10.0 Å². The van der Waals surface area contributed by atoms with E-state index in [2.05, 4.69) is 4.72 Å². The summed E-state index contributed by atoms with van der Waals surface area (Å²) in [4.78, 5) is 12.0. The Morgan fingerprint density at radius 3 is 2.48 bits per heavy atom. The van der Waals surface area contributed by atoms with Gasteiger partial charge in [-0.05, 0) is 50.2 Å². The van der Waals surface area contributed by atoms with Crippen LogP contribution in [-0.2, 0) is 19.6 Å². The van der Waals surface area contributed by atoms with E-state index in [9.17, 15) is 18.3 Å². The second-order valence-corrected chi connectivity index (χ2v) is 9.34. The standard InChI is InChI=1S/C16H19Cl2NO5S/c1-2-24-14(21)16(8-15(9-16)4-3-5-15)19-25(22,23)12-7-10(17)6-11(18)13(12)20/h6-7,19-20H,2-5,8-9H2,1H3. The second-order valence-electron chi connectivity index (χ2n) is 6.85. The van der Waals surface area contributed by atoms with Crippen LogP contribution >= 0.6 is 23.2 Å². The summed E-state index contributed by atoms with van der Waals surface area (Å²) in [5, 5.41) is 9.91. The number of ether oxygens (including phenoxy) is 1. The molecule has 3 rings (SSSR count). The number of carbonyl (C=O) groups excluding carboxylic acids is 1. The van der Waals surface area contributed by atoms with Crippen molar-refractivity contribution in [1.29, 1.82) is 0 Å². The van der Waals surface area contributed by atoms with Gasteiger partial charge >= 0.3 is 5.97 Å². The first kappa shape index (κ1) is 18.8. The molecule has 25 heavy (non-hydrogen) atoms. The van der Waals surface area contributed by atoms with E-state index in [1.807, 2.05) is 0 Å². The van der Waals surface area contributed by atoms with E-state index in [-0.39, 0.29) is 22.1 Å². The zero-order chi connectivity index (χ0) is 18.5. The molecular weight excluding hydrogens is 389 g/mol. The number of esters is 1.